The number of fused-ring (bicyclic) bond motifs is 1. The first-order valence-electron chi connectivity index (χ1n) is 8.31. The molecule has 0 aliphatic heterocycles. The van der Waals surface area contributed by atoms with Gasteiger partial charge < -0.3 is 9.15 Å². The topological polar surface area (TPSA) is 90.1 Å². The zero-order valence-corrected chi connectivity index (χ0v) is 15.8. The third-order valence-electron chi connectivity index (χ3n) is 4.33. The van der Waals surface area contributed by atoms with Gasteiger partial charge in [-0.15, -0.1) is 5.10 Å². The van der Waals surface area contributed by atoms with Gasteiger partial charge >= 0.3 is 11.3 Å². The highest BCUT2D eigenvalue weighted by molar-refractivity contribution is 7.98. The fraction of sp³-hybridized carbons (Fsp3) is 0.389. The highest BCUT2D eigenvalue weighted by Gasteiger charge is 2.13. The van der Waals surface area contributed by atoms with E-state index in [9.17, 15) is 9.59 Å². The van der Waals surface area contributed by atoms with E-state index in [1.54, 1.807) is 11.7 Å². The van der Waals surface area contributed by atoms with Crippen molar-refractivity contribution in [1.29, 1.82) is 0 Å². The molecule has 0 spiro atoms. The maximum Gasteiger partial charge on any atom is 0.343 e. The molecule has 0 aliphatic rings. The van der Waals surface area contributed by atoms with Crippen LogP contribution in [0.15, 0.2) is 37.4 Å². The van der Waals surface area contributed by atoms with Crippen molar-refractivity contribution in [3.63, 3.8) is 0 Å². The van der Waals surface area contributed by atoms with Gasteiger partial charge in [0.15, 0.2) is 5.16 Å². The van der Waals surface area contributed by atoms with Crippen LogP contribution in [0.3, 0.4) is 0 Å². The third kappa shape index (κ3) is 3.76. The normalized spacial score (nSPS) is 11.3. The van der Waals surface area contributed by atoms with Gasteiger partial charge in [-0.05, 0) is 37.0 Å². The summed E-state index contributed by atoms with van der Waals surface area (Å²) in [5.41, 5.74) is 2.90. The molecule has 1 aromatic carbocycles. The number of aromatic nitrogens is 3. The molecule has 0 atom stereocenters. The lowest BCUT2D eigenvalue weighted by Gasteiger charge is -2.09. The number of nitrogens with one attached hydrogen (secondary N) is 1. The second kappa shape index (κ2) is 7.92. The van der Waals surface area contributed by atoms with Gasteiger partial charge in [-0.2, -0.15) is 0 Å². The van der Waals surface area contributed by atoms with Crippen LogP contribution in [-0.2, 0) is 17.0 Å². The molecule has 0 bridgehead atoms. The van der Waals surface area contributed by atoms with Gasteiger partial charge in [-0.3, -0.25) is 4.57 Å². The van der Waals surface area contributed by atoms with Crippen molar-refractivity contribution in [3.8, 4) is 0 Å². The average molecular weight is 375 g/mol. The van der Waals surface area contributed by atoms with Crippen molar-refractivity contribution in [2.45, 2.75) is 37.7 Å². The van der Waals surface area contributed by atoms with Crippen LogP contribution >= 0.6 is 11.8 Å². The predicted octanol–water partition coefficient (Wildman–Crippen LogP) is 2.62. The number of rotatable bonds is 7. The summed E-state index contributed by atoms with van der Waals surface area (Å²) >= 11 is 1.41. The second-order valence-electron chi connectivity index (χ2n) is 6.07. The summed E-state index contributed by atoms with van der Waals surface area (Å²) in [5, 5.41) is 8.07. The Morgan fingerprint density at radius 3 is 2.88 bits per heavy atom. The van der Waals surface area contributed by atoms with Crippen molar-refractivity contribution in [3.05, 3.63) is 55.8 Å². The largest absolute Gasteiger partial charge is 0.422 e. The van der Waals surface area contributed by atoms with E-state index in [-0.39, 0.29) is 11.3 Å². The van der Waals surface area contributed by atoms with Crippen LogP contribution in [0.25, 0.3) is 11.0 Å². The Morgan fingerprint density at radius 1 is 1.31 bits per heavy atom. The lowest BCUT2D eigenvalue weighted by atomic mass is 10.0. The van der Waals surface area contributed by atoms with Gasteiger partial charge in [-0.1, -0.05) is 23.9 Å². The Labute approximate surface area is 154 Å². The number of thioether (sulfide) groups is 1. The molecule has 0 unspecified atom stereocenters. The number of nitrogens with zero attached hydrogens (tertiary/aromatic N) is 2. The highest BCUT2D eigenvalue weighted by Crippen LogP contribution is 2.27. The smallest absolute Gasteiger partial charge is 0.343 e. The number of aryl methyl sites for hydroxylation is 2. The minimum atomic E-state index is -0.374. The summed E-state index contributed by atoms with van der Waals surface area (Å²) in [5.74, 6) is 0.513. The van der Waals surface area contributed by atoms with Crippen molar-refractivity contribution in [1.82, 2.24) is 14.8 Å². The fourth-order valence-corrected chi connectivity index (χ4v) is 3.73. The van der Waals surface area contributed by atoms with E-state index in [1.165, 1.54) is 17.8 Å². The van der Waals surface area contributed by atoms with Gasteiger partial charge in [0.05, 0.1) is 0 Å². The number of H-pyrrole nitrogens is 1. The van der Waals surface area contributed by atoms with Crippen LogP contribution in [0.2, 0.25) is 0 Å². The Hall–Kier alpha value is -2.32. The maximum atomic E-state index is 12.0. The summed E-state index contributed by atoms with van der Waals surface area (Å²) in [6, 6.07) is 5.48. The number of ether oxygens (including phenoxy) is 1. The molecule has 0 aliphatic carbocycles. The summed E-state index contributed by atoms with van der Waals surface area (Å²) in [7, 11) is 1.63. The Kier molecular flexibility index (Phi) is 5.63. The molecular formula is C18H21N3O4S. The molecule has 8 heteroatoms. The van der Waals surface area contributed by atoms with Crippen LogP contribution < -0.4 is 11.3 Å². The third-order valence-corrected chi connectivity index (χ3v) is 5.35. The van der Waals surface area contributed by atoms with Crippen molar-refractivity contribution < 1.29 is 9.15 Å². The zero-order valence-electron chi connectivity index (χ0n) is 15.0. The molecule has 0 saturated carbocycles. The number of hydrogen-bond donors (Lipinski definition) is 1. The number of hydrogen-bond acceptors (Lipinski definition) is 6. The molecule has 3 rings (SSSR count). The van der Waals surface area contributed by atoms with Gasteiger partial charge in [0.1, 0.15) is 5.58 Å². The molecule has 7 nitrogen and oxygen atoms in total. The molecule has 26 heavy (non-hydrogen) atoms. The second-order valence-corrected chi connectivity index (χ2v) is 7.02. The molecule has 0 radical (unpaired) electrons. The molecule has 2 aromatic heterocycles. The van der Waals surface area contributed by atoms with Gasteiger partial charge in [0.25, 0.3) is 0 Å². The monoisotopic (exact) mass is 375 g/mol. The molecular weight excluding hydrogens is 354 g/mol. The maximum absolute atomic E-state index is 12.0. The molecule has 3 aromatic rings. The first kappa shape index (κ1) is 18.5. The van der Waals surface area contributed by atoms with Gasteiger partial charge in [-0.25, -0.2) is 14.7 Å². The molecule has 0 fully saturated rings. The number of benzene rings is 1. The van der Waals surface area contributed by atoms with Gasteiger partial charge in [0, 0.05) is 37.5 Å². The number of methoxy groups -OCH3 is 1. The summed E-state index contributed by atoms with van der Waals surface area (Å²) < 4.78 is 12.0. The fourth-order valence-electron chi connectivity index (χ4n) is 2.76. The molecule has 138 valence electrons. The van der Waals surface area contributed by atoms with Crippen molar-refractivity contribution in [2.24, 2.45) is 0 Å². The SMILES string of the molecule is COCCCn1c(SCc2cc(=O)oc3c(C)c(C)ccc23)n[nH]c1=O. The Morgan fingerprint density at radius 2 is 2.12 bits per heavy atom. The molecule has 0 amide bonds. The quantitative estimate of drug-likeness (QED) is 0.388. The van der Waals surface area contributed by atoms with E-state index < -0.39 is 0 Å². The Bertz CT molecular complexity index is 1040. The zero-order chi connectivity index (χ0) is 18.7. The number of aromatic amines is 1. The standard InChI is InChI=1S/C18H21N3O4S/c1-11-5-6-14-13(9-15(22)25-16(14)12(11)2)10-26-18-20-19-17(23)21(18)7-4-8-24-3/h5-6,9H,4,7-8,10H2,1-3H3,(H,19,23). The van der Waals surface area contributed by atoms with E-state index in [0.29, 0.717) is 29.6 Å². The van der Waals surface area contributed by atoms with E-state index in [0.717, 1.165) is 28.5 Å². The van der Waals surface area contributed by atoms with Crippen LogP contribution in [-0.4, -0.2) is 28.5 Å². The highest BCUT2D eigenvalue weighted by atomic mass is 32.2. The van der Waals surface area contributed by atoms with Crippen LogP contribution in [0, 0.1) is 13.8 Å². The molecule has 2 heterocycles. The van der Waals surface area contributed by atoms with Crippen molar-refractivity contribution in [2.75, 3.05) is 13.7 Å². The summed E-state index contributed by atoms with van der Waals surface area (Å²) in [4.78, 5) is 23.9. The lowest BCUT2D eigenvalue weighted by Crippen LogP contribution is -2.18. The van der Waals surface area contributed by atoms with E-state index >= 15 is 0 Å². The molecule has 0 saturated heterocycles. The summed E-state index contributed by atoms with van der Waals surface area (Å²) in [6.07, 6.45) is 0.722. The van der Waals surface area contributed by atoms with E-state index in [1.807, 2.05) is 26.0 Å². The van der Waals surface area contributed by atoms with E-state index in [2.05, 4.69) is 10.2 Å². The minimum absolute atomic E-state index is 0.243. The van der Waals surface area contributed by atoms with Crippen LogP contribution in [0.4, 0.5) is 0 Å². The van der Waals surface area contributed by atoms with Crippen molar-refractivity contribution >= 4 is 22.7 Å². The Balaban J connectivity index is 1.88. The lowest BCUT2D eigenvalue weighted by molar-refractivity contribution is 0.189. The minimum Gasteiger partial charge on any atom is -0.422 e. The predicted molar refractivity (Wildman–Crippen MR) is 101 cm³/mol. The molecule has 1 N–H and O–H groups in total. The first-order chi connectivity index (χ1) is 12.5. The average Bonchev–Trinajstić information content (AvgIpc) is 2.97. The van der Waals surface area contributed by atoms with Gasteiger partial charge in [0.2, 0.25) is 0 Å². The summed E-state index contributed by atoms with van der Waals surface area (Å²) in [6.45, 7) is 5.03. The first-order valence-corrected chi connectivity index (χ1v) is 9.29. The van der Waals surface area contributed by atoms with Crippen LogP contribution in [0.5, 0.6) is 0 Å². The van der Waals surface area contributed by atoms with E-state index in [4.69, 9.17) is 9.15 Å². The van der Waals surface area contributed by atoms with Crippen LogP contribution in [0.1, 0.15) is 23.1 Å².